The average molecular weight is 282 g/mol. The smallest absolute Gasteiger partial charge is 0.335 e. The Morgan fingerprint density at radius 3 is 2.05 bits per heavy atom. The highest BCUT2D eigenvalue weighted by Gasteiger charge is 2.17. The van der Waals surface area contributed by atoms with Gasteiger partial charge in [0.05, 0.1) is 5.56 Å². The molecular weight excluding hydrogens is 260 g/mol. The molecule has 0 bridgehead atoms. The van der Waals surface area contributed by atoms with Crippen LogP contribution in [0.1, 0.15) is 47.8 Å². The maximum atomic E-state index is 11.3. The van der Waals surface area contributed by atoms with Crippen LogP contribution in [0, 0.1) is 0 Å². The summed E-state index contributed by atoms with van der Waals surface area (Å²) < 4.78 is 0. The van der Waals surface area contributed by atoms with Crippen LogP contribution >= 0.6 is 0 Å². The van der Waals surface area contributed by atoms with E-state index in [9.17, 15) is 9.90 Å². The summed E-state index contributed by atoms with van der Waals surface area (Å²) in [6.07, 6.45) is 1.60. The molecule has 0 fully saturated rings. The van der Waals surface area contributed by atoms with Gasteiger partial charge in [-0.15, -0.1) is 0 Å². The lowest BCUT2D eigenvalue weighted by atomic mass is 9.82. The first-order valence-corrected chi connectivity index (χ1v) is 7.29. The lowest BCUT2D eigenvalue weighted by Gasteiger charge is -2.23. The van der Waals surface area contributed by atoms with Gasteiger partial charge in [-0.25, -0.2) is 4.79 Å². The first-order valence-electron chi connectivity index (χ1n) is 7.29. The summed E-state index contributed by atoms with van der Waals surface area (Å²) in [5, 5.41) is 9.25. The molecule has 0 heterocycles. The minimum atomic E-state index is -0.852. The fraction of sp³-hybridized carbons (Fsp3) is 0.316. The van der Waals surface area contributed by atoms with Crippen molar-refractivity contribution in [3.05, 3.63) is 70.8 Å². The monoisotopic (exact) mass is 282 g/mol. The Kier molecular flexibility index (Phi) is 4.46. The molecule has 2 heteroatoms. The molecule has 0 aliphatic carbocycles. The van der Waals surface area contributed by atoms with Crippen molar-refractivity contribution < 1.29 is 9.90 Å². The van der Waals surface area contributed by atoms with E-state index in [0.717, 1.165) is 18.4 Å². The zero-order chi connectivity index (χ0) is 15.5. The van der Waals surface area contributed by atoms with E-state index in [-0.39, 0.29) is 5.41 Å². The maximum absolute atomic E-state index is 11.3. The van der Waals surface area contributed by atoms with Crippen molar-refractivity contribution in [2.45, 2.75) is 39.0 Å². The van der Waals surface area contributed by atoms with Gasteiger partial charge in [-0.2, -0.15) is 0 Å². The van der Waals surface area contributed by atoms with E-state index in [1.54, 1.807) is 12.1 Å². The second-order valence-corrected chi connectivity index (χ2v) is 6.37. The number of aromatic carboxylic acids is 1. The molecular formula is C19H22O2. The molecule has 1 N–H and O–H groups in total. The number of rotatable bonds is 4. The number of carbonyl (C=O) groups is 1. The Morgan fingerprint density at radius 1 is 0.905 bits per heavy atom. The summed E-state index contributed by atoms with van der Waals surface area (Å²) in [5.74, 6) is -0.852. The van der Waals surface area contributed by atoms with Crippen LogP contribution in [-0.4, -0.2) is 11.1 Å². The van der Waals surface area contributed by atoms with E-state index >= 15 is 0 Å². The molecule has 0 spiro atoms. The van der Waals surface area contributed by atoms with E-state index in [2.05, 4.69) is 39.0 Å². The van der Waals surface area contributed by atoms with Crippen molar-refractivity contribution in [2.75, 3.05) is 0 Å². The minimum Gasteiger partial charge on any atom is -0.478 e. The molecule has 0 saturated carbocycles. The third-order valence-electron chi connectivity index (χ3n) is 3.74. The van der Waals surface area contributed by atoms with E-state index in [4.69, 9.17) is 0 Å². The molecule has 0 aliphatic rings. The van der Waals surface area contributed by atoms with Crippen LogP contribution in [0.4, 0.5) is 0 Å². The molecule has 0 aromatic heterocycles. The molecule has 2 rings (SSSR count). The molecule has 0 unspecified atom stereocenters. The van der Waals surface area contributed by atoms with Gasteiger partial charge in [0.25, 0.3) is 0 Å². The van der Waals surface area contributed by atoms with Gasteiger partial charge < -0.3 is 5.11 Å². The number of hydrogen-bond donors (Lipinski definition) is 1. The minimum absolute atomic E-state index is 0.100. The maximum Gasteiger partial charge on any atom is 0.335 e. The summed E-state index contributed by atoms with van der Waals surface area (Å²) in [7, 11) is 0. The van der Waals surface area contributed by atoms with Crippen LogP contribution in [-0.2, 0) is 18.3 Å². The Balaban J connectivity index is 2.24. The molecule has 0 radical (unpaired) electrons. The third-order valence-corrected chi connectivity index (χ3v) is 3.74. The Bertz CT molecular complexity index is 636. The molecule has 0 atom stereocenters. The van der Waals surface area contributed by atoms with Crippen LogP contribution in [0.25, 0.3) is 0 Å². The van der Waals surface area contributed by atoms with E-state index < -0.39 is 5.97 Å². The van der Waals surface area contributed by atoms with Crippen molar-refractivity contribution in [1.29, 1.82) is 0 Å². The Morgan fingerprint density at radius 2 is 1.43 bits per heavy atom. The molecule has 2 aromatic carbocycles. The van der Waals surface area contributed by atoms with Crippen LogP contribution in [0.5, 0.6) is 0 Å². The topological polar surface area (TPSA) is 37.3 Å². The summed E-state index contributed by atoms with van der Waals surface area (Å²) in [4.78, 5) is 11.3. The Labute approximate surface area is 126 Å². The summed E-state index contributed by atoms with van der Waals surface area (Å²) in [6, 6.07) is 15.7. The van der Waals surface area contributed by atoms with Crippen molar-refractivity contribution in [3.8, 4) is 0 Å². The van der Waals surface area contributed by atoms with Crippen LogP contribution in [0.2, 0.25) is 0 Å². The van der Waals surface area contributed by atoms with Crippen molar-refractivity contribution in [1.82, 2.24) is 0 Å². The number of benzene rings is 2. The van der Waals surface area contributed by atoms with Gasteiger partial charge >= 0.3 is 5.97 Å². The Hall–Kier alpha value is -2.09. The third kappa shape index (κ3) is 3.72. The molecule has 21 heavy (non-hydrogen) atoms. The number of carboxylic acid groups (broad SMARTS) is 1. The van der Waals surface area contributed by atoms with Crippen LogP contribution in [0.15, 0.2) is 48.5 Å². The lowest BCUT2D eigenvalue weighted by molar-refractivity contribution is 0.0695. The van der Waals surface area contributed by atoms with Gasteiger partial charge in [-0.1, -0.05) is 63.2 Å². The second kappa shape index (κ2) is 6.13. The average Bonchev–Trinajstić information content (AvgIpc) is 2.44. The second-order valence-electron chi connectivity index (χ2n) is 6.37. The number of carboxylic acids is 1. The molecule has 0 aliphatic heterocycles. The first-order chi connectivity index (χ1) is 9.89. The van der Waals surface area contributed by atoms with E-state index in [1.807, 2.05) is 18.2 Å². The van der Waals surface area contributed by atoms with Gasteiger partial charge in [0, 0.05) is 0 Å². The van der Waals surface area contributed by atoms with Crippen LogP contribution < -0.4 is 0 Å². The zero-order valence-corrected chi connectivity index (χ0v) is 12.9. The summed E-state index contributed by atoms with van der Waals surface area (Å²) >= 11 is 0. The SMILES string of the molecule is CC(C)(C)c1ccccc1CCc1ccccc1C(=O)O. The highest BCUT2D eigenvalue weighted by molar-refractivity contribution is 5.89. The van der Waals surface area contributed by atoms with Crippen molar-refractivity contribution >= 4 is 5.97 Å². The van der Waals surface area contributed by atoms with Gasteiger partial charge in [-0.05, 0) is 41.0 Å². The fourth-order valence-electron chi connectivity index (χ4n) is 2.69. The zero-order valence-electron chi connectivity index (χ0n) is 12.9. The quantitative estimate of drug-likeness (QED) is 0.898. The standard InChI is InChI=1S/C19H22O2/c1-19(2,3)17-11-7-5-9-15(17)13-12-14-8-4-6-10-16(14)18(20)21/h4-11H,12-13H2,1-3H3,(H,20,21). The predicted octanol–water partition coefficient (Wildman–Crippen LogP) is 4.47. The van der Waals surface area contributed by atoms with Crippen LogP contribution in [0.3, 0.4) is 0 Å². The highest BCUT2D eigenvalue weighted by atomic mass is 16.4. The largest absolute Gasteiger partial charge is 0.478 e. The lowest BCUT2D eigenvalue weighted by Crippen LogP contribution is -2.14. The summed E-state index contributed by atoms with van der Waals surface area (Å²) in [6.45, 7) is 6.62. The first kappa shape index (κ1) is 15.3. The molecule has 110 valence electrons. The predicted molar refractivity (Wildman–Crippen MR) is 86.0 cm³/mol. The molecule has 2 aromatic rings. The summed E-state index contributed by atoms with van der Waals surface area (Å²) in [5.41, 5.74) is 4.03. The number of aryl methyl sites for hydroxylation is 2. The highest BCUT2D eigenvalue weighted by Crippen LogP contribution is 2.26. The molecule has 0 amide bonds. The fourth-order valence-corrected chi connectivity index (χ4v) is 2.69. The van der Waals surface area contributed by atoms with Gasteiger partial charge in [-0.3, -0.25) is 0 Å². The number of hydrogen-bond acceptors (Lipinski definition) is 1. The van der Waals surface area contributed by atoms with E-state index in [0.29, 0.717) is 5.56 Å². The normalized spacial score (nSPS) is 11.4. The molecule has 0 saturated heterocycles. The van der Waals surface area contributed by atoms with Gasteiger partial charge in [0.2, 0.25) is 0 Å². The van der Waals surface area contributed by atoms with Gasteiger partial charge in [0.15, 0.2) is 0 Å². The van der Waals surface area contributed by atoms with Crippen molar-refractivity contribution in [3.63, 3.8) is 0 Å². The molecule has 2 nitrogen and oxygen atoms in total. The van der Waals surface area contributed by atoms with Crippen molar-refractivity contribution in [2.24, 2.45) is 0 Å². The van der Waals surface area contributed by atoms with Gasteiger partial charge in [0.1, 0.15) is 0 Å². The van der Waals surface area contributed by atoms with E-state index in [1.165, 1.54) is 11.1 Å².